The van der Waals surface area contributed by atoms with Crippen molar-refractivity contribution in [3.63, 3.8) is 0 Å². The van der Waals surface area contributed by atoms with Gasteiger partial charge in [0, 0.05) is 11.9 Å². The van der Waals surface area contributed by atoms with Crippen LogP contribution in [0.4, 0.5) is 0 Å². The third kappa shape index (κ3) is 1.69. The van der Waals surface area contributed by atoms with E-state index in [-0.39, 0.29) is 0 Å². The minimum Gasteiger partial charge on any atom is -0.316 e. The molecule has 1 aliphatic carbocycles. The lowest BCUT2D eigenvalue weighted by Crippen LogP contribution is -2.07. The van der Waals surface area contributed by atoms with E-state index < -0.39 is 0 Å². The van der Waals surface area contributed by atoms with Gasteiger partial charge in [-0.2, -0.15) is 0 Å². The van der Waals surface area contributed by atoms with Gasteiger partial charge < -0.3 is 4.57 Å². The summed E-state index contributed by atoms with van der Waals surface area (Å²) in [5, 5.41) is 1.32. The van der Waals surface area contributed by atoms with Gasteiger partial charge in [0.2, 0.25) is 0 Å². The molecule has 0 saturated heterocycles. The van der Waals surface area contributed by atoms with E-state index in [1.807, 2.05) is 0 Å². The lowest BCUT2D eigenvalue weighted by molar-refractivity contribution is 0.682. The molecule has 94 valence electrons. The van der Waals surface area contributed by atoms with Crippen molar-refractivity contribution in [3.8, 4) is 5.69 Å². The summed E-state index contributed by atoms with van der Waals surface area (Å²) >= 11 is 0. The Morgan fingerprint density at radius 1 is 0.789 bits per heavy atom. The van der Waals surface area contributed by atoms with E-state index in [4.69, 9.17) is 0 Å². The maximum Gasteiger partial charge on any atom is 0.0528 e. The number of benzene rings is 2. The van der Waals surface area contributed by atoms with E-state index in [1.54, 1.807) is 11.1 Å². The predicted molar refractivity (Wildman–Crippen MR) is 79.9 cm³/mol. The smallest absolute Gasteiger partial charge is 0.0528 e. The van der Waals surface area contributed by atoms with Crippen molar-refractivity contribution in [2.24, 2.45) is 0 Å². The summed E-state index contributed by atoms with van der Waals surface area (Å²) < 4.78 is 2.35. The lowest BCUT2D eigenvalue weighted by Gasteiger charge is -2.20. The number of hydrogen-bond donors (Lipinski definition) is 0. The Kier molecular flexibility index (Phi) is 2.44. The molecule has 0 radical (unpaired) electrons. The molecule has 3 aromatic rings. The second-order valence-corrected chi connectivity index (χ2v) is 5.37. The Morgan fingerprint density at radius 3 is 2.68 bits per heavy atom. The number of nitrogens with zero attached hydrogens (tertiary/aromatic N) is 1. The van der Waals surface area contributed by atoms with E-state index in [0.717, 1.165) is 0 Å². The highest BCUT2D eigenvalue weighted by Gasteiger charge is 2.14. The first-order chi connectivity index (χ1) is 9.43. The van der Waals surface area contributed by atoms with Crippen LogP contribution in [0.1, 0.15) is 24.0 Å². The predicted octanol–water partition coefficient (Wildman–Crippen LogP) is 4.51. The molecule has 1 nitrogen and oxygen atoms in total. The average Bonchev–Trinajstić information content (AvgIpc) is 2.90. The molecule has 0 amide bonds. The van der Waals surface area contributed by atoms with Gasteiger partial charge >= 0.3 is 0 Å². The Bertz CT molecular complexity index is 736. The van der Waals surface area contributed by atoms with E-state index in [0.29, 0.717) is 0 Å². The van der Waals surface area contributed by atoms with Crippen LogP contribution in [-0.4, -0.2) is 4.57 Å². The average molecular weight is 247 g/mol. The van der Waals surface area contributed by atoms with E-state index in [2.05, 4.69) is 59.3 Å². The third-order valence-corrected chi connectivity index (χ3v) is 4.23. The van der Waals surface area contributed by atoms with Gasteiger partial charge in [-0.3, -0.25) is 0 Å². The van der Waals surface area contributed by atoms with Crippen LogP contribution in [-0.2, 0) is 12.8 Å². The summed E-state index contributed by atoms with van der Waals surface area (Å²) in [5.74, 6) is 0. The first-order valence-corrected chi connectivity index (χ1v) is 7.11. The highest BCUT2D eigenvalue weighted by Crippen LogP contribution is 2.29. The van der Waals surface area contributed by atoms with E-state index >= 15 is 0 Å². The maximum absolute atomic E-state index is 2.35. The Morgan fingerprint density at radius 2 is 1.68 bits per heavy atom. The molecule has 0 atom stereocenters. The van der Waals surface area contributed by atoms with Gasteiger partial charge in [-0.15, -0.1) is 0 Å². The Labute approximate surface area is 113 Å². The summed E-state index contributed by atoms with van der Waals surface area (Å²) in [4.78, 5) is 0. The maximum atomic E-state index is 2.35. The fourth-order valence-corrected chi connectivity index (χ4v) is 3.28. The van der Waals surface area contributed by atoms with Crippen LogP contribution < -0.4 is 0 Å². The van der Waals surface area contributed by atoms with Crippen molar-refractivity contribution < 1.29 is 0 Å². The van der Waals surface area contributed by atoms with Crippen molar-refractivity contribution in [1.29, 1.82) is 0 Å². The first-order valence-electron chi connectivity index (χ1n) is 7.11. The fraction of sp³-hybridized carbons (Fsp3) is 0.222. The fourth-order valence-electron chi connectivity index (χ4n) is 3.28. The van der Waals surface area contributed by atoms with Crippen LogP contribution in [0.25, 0.3) is 16.6 Å². The zero-order valence-electron chi connectivity index (χ0n) is 11.0. The lowest BCUT2D eigenvalue weighted by atomic mass is 9.90. The van der Waals surface area contributed by atoms with Gasteiger partial charge in [-0.05, 0) is 60.4 Å². The zero-order chi connectivity index (χ0) is 12.7. The molecule has 0 spiro atoms. The first kappa shape index (κ1) is 10.9. The summed E-state index contributed by atoms with van der Waals surface area (Å²) in [5.41, 5.74) is 5.77. The van der Waals surface area contributed by atoms with Crippen molar-refractivity contribution in [2.75, 3.05) is 0 Å². The molecule has 1 heteroatoms. The molecule has 1 heterocycles. The van der Waals surface area contributed by atoms with Crippen molar-refractivity contribution in [1.82, 2.24) is 4.57 Å². The molecular formula is C18H17N. The largest absolute Gasteiger partial charge is 0.316 e. The quantitative estimate of drug-likeness (QED) is 0.596. The molecule has 0 saturated carbocycles. The molecule has 1 aliphatic rings. The van der Waals surface area contributed by atoms with Crippen molar-refractivity contribution in [3.05, 3.63) is 65.9 Å². The van der Waals surface area contributed by atoms with Crippen molar-refractivity contribution in [2.45, 2.75) is 25.7 Å². The van der Waals surface area contributed by atoms with Crippen molar-refractivity contribution >= 4 is 10.9 Å². The number of aromatic nitrogens is 1. The highest BCUT2D eigenvalue weighted by molar-refractivity contribution is 5.82. The monoisotopic (exact) mass is 247 g/mol. The normalized spacial score (nSPS) is 14.5. The molecule has 4 rings (SSSR count). The number of hydrogen-bond acceptors (Lipinski definition) is 0. The summed E-state index contributed by atoms with van der Waals surface area (Å²) in [6.45, 7) is 0. The molecular weight excluding hydrogens is 230 g/mol. The van der Waals surface area contributed by atoms with Crippen LogP contribution in [0.2, 0.25) is 0 Å². The van der Waals surface area contributed by atoms with Gasteiger partial charge in [-0.25, -0.2) is 0 Å². The Balaban J connectivity index is 1.97. The van der Waals surface area contributed by atoms with Crippen LogP contribution in [0.15, 0.2) is 54.7 Å². The molecule has 0 unspecified atom stereocenters. The summed E-state index contributed by atoms with van der Waals surface area (Å²) in [6, 6.07) is 17.6. The van der Waals surface area contributed by atoms with Crippen LogP contribution >= 0.6 is 0 Å². The van der Waals surface area contributed by atoms with Crippen LogP contribution in [0, 0.1) is 0 Å². The summed E-state index contributed by atoms with van der Waals surface area (Å²) in [6.07, 6.45) is 7.32. The topological polar surface area (TPSA) is 4.93 Å². The molecule has 0 N–H and O–H groups in total. The number of fused-ring (bicyclic) bond motifs is 2. The summed E-state index contributed by atoms with van der Waals surface area (Å²) in [7, 11) is 0. The van der Waals surface area contributed by atoms with Gasteiger partial charge in [0.1, 0.15) is 0 Å². The van der Waals surface area contributed by atoms with Gasteiger partial charge in [0.05, 0.1) is 5.52 Å². The molecule has 19 heavy (non-hydrogen) atoms. The Hall–Kier alpha value is -2.02. The number of para-hydroxylation sites is 1. The third-order valence-electron chi connectivity index (χ3n) is 4.23. The number of rotatable bonds is 1. The molecule has 0 fully saturated rings. The SMILES string of the molecule is c1cc2c(c(-n3ccc4ccccc43)c1)CCCC2. The molecule has 1 aromatic heterocycles. The molecule has 2 aromatic carbocycles. The highest BCUT2D eigenvalue weighted by atomic mass is 15.0. The van der Waals surface area contributed by atoms with Gasteiger partial charge in [-0.1, -0.05) is 30.3 Å². The van der Waals surface area contributed by atoms with Crippen LogP contribution in [0.3, 0.4) is 0 Å². The minimum absolute atomic E-state index is 1.22. The van der Waals surface area contributed by atoms with E-state index in [9.17, 15) is 0 Å². The molecule has 0 aliphatic heterocycles. The second-order valence-electron chi connectivity index (χ2n) is 5.37. The zero-order valence-corrected chi connectivity index (χ0v) is 11.0. The van der Waals surface area contributed by atoms with Gasteiger partial charge in [0.25, 0.3) is 0 Å². The second kappa shape index (κ2) is 4.27. The van der Waals surface area contributed by atoms with Gasteiger partial charge in [0.15, 0.2) is 0 Å². The standard InChI is InChI=1S/C18H17N/c1-3-9-16-14(6-1)8-5-11-18(16)19-13-12-15-7-2-4-10-17(15)19/h2,4-5,7-8,10-13H,1,3,6,9H2. The number of aryl methyl sites for hydroxylation is 1. The van der Waals surface area contributed by atoms with E-state index in [1.165, 1.54) is 42.3 Å². The van der Waals surface area contributed by atoms with Crippen LogP contribution in [0.5, 0.6) is 0 Å². The minimum atomic E-state index is 1.22. The molecule has 0 bridgehead atoms.